The molecule has 3 heteroatoms. The average molecular weight is 162 g/mol. The summed E-state index contributed by atoms with van der Waals surface area (Å²) in [5.41, 5.74) is -0.908. The summed E-state index contributed by atoms with van der Waals surface area (Å²) in [6.45, 7) is 4.61. The zero-order chi connectivity index (χ0) is 9.07. The third-order valence-electron chi connectivity index (χ3n) is 2.38. The Hall–Kier alpha value is -0.600. The molecular formula is C8H15FO2. The Morgan fingerprint density at radius 2 is 2.09 bits per heavy atom. The third kappa shape index (κ3) is 2.17. The summed E-state index contributed by atoms with van der Waals surface area (Å²) in [6.07, 6.45) is 0.0972. The van der Waals surface area contributed by atoms with Crippen LogP contribution in [-0.4, -0.2) is 17.8 Å². The van der Waals surface area contributed by atoms with Crippen molar-refractivity contribution in [2.45, 2.75) is 27.2 Å². The molecule has 0 aliphatic carbocycles. The minimum atomic E-state index is -0.912. The van der Waals surface area contributed by atoms with E-state index in [4.69, 9.17) is 5.11 Å². The van der Waals surface area contributed by atoms with Crippen LogP contribution in [0.25, 0.3) is 0 Å². The van der Waals surface area contributed by atoms with E-state index in [0.717, 1.165) is 0 Å². The number of rotatable bonds is 4. The molecule has 1 atom stereocenters. The van der Waals surface area contributed by atoms with Crippen LogP contribution in [0.3, 0.4) is 0 Å². The molecule has 0 saturated heterocycles. The van der Waals surface area contributed by atoms with Crippen molar-refractivity contribution in [1.82, 2.24) is 0 Å². The standard InChI is InChI=1S/C8H15FO2/c1-6(2)8(3,4-5-9)7(10)11/h6H,4-5H2,1-3H3,(H,10,11). The van der Waals surface area contributed by atoms with E-state index in [1.54, 1.807) is 20.8 Å². The number of carbonyl (C=O) groups is 1. The lowest BCUT2D eigenvalue weighted by Crippen LogP contribution is -2.33. The second kappa shape index (κ2) is 3.69. The molecule has 66 valence electrons. The topological polar surface area (TPSA) is 37.3 Å². The van der Waals surface area contributed by atoms with E-state index in [9.17, 15) is 9.18 Å². The van der Waals surface area contributed by atoms with Crippen LogP contribution in [0.1, 0.15) is 27.2 Å². The molecule has 1 unspecified atom stereocenters. The summed E-state index contributed by atoms with van der Waals surface area (Å²) in [5, 5.41) is 8.77. The van der Waals surface area contributed by atoms with Crippen molar-refractivity contribution in [3.8, 4) is 0 Å². The Labute approximate surface area is 66.4 Å². The van der Waals surface area contributed by atoms with Crippen molar-refractivity contribution >= 4 is 5.97 Å². The first-order valence-corrected chi connectivity index (χ1v) is 3.74. The molecule has 0 aromatic carbocycles. The number of carboxylic acid groups (broad SMARTS) is 1. The molecule has 0 saturated carbocycles. The SMILES string of the molecule is CC(C)C(C)(CCF)C(=O)O. The Bertz CT molecular complexity index is 145. The van der Waals surface area contributed by atoms with Gasteiger partial charge in [-0.2, -0.15) is 0 Å². The van der Waals surface area contributed by atoms with Crippen LogP contribution in [0.2, 0.25) is 0 Å². The van der Waals surface area contributed by atoms with Gasteiger partial charge in [-0.3, -0.25) is 9.18 Å². The van der Waals surface area contributed by atoms with Gasteiger partial charge in [-0.25, -0.2) is 0 Å². The Kier molecular flexibility index (Phi) is 3.49. The number of hydrogen-bond donors (Lipinski definition) is 1. The first kappa shape index (κ1) is 10.4. The Morgan fingerprint density at radius 3 is 2.18 bits per heavy atom. The maximum atomic E-state index is 11.9. The molecule has 0 fully saturated rings. The number of alkyl halides is 1. The van der Waals surface area contributed by atoms with Crippen molar-refractivity contribution < 1.29 is 14.3 Å². The molecule has 11 heavy (non-hydrogen) atoms. The highest BCUT2D eigenvalue weighted by Crippen LogP contribution is 2.31. The molecule has 0 aliphatic heterocycles. The van der Waals surface area contributed by atoms with Gasteiger partial charge < -0.3 is 5.11 Å². The van der Waals surface area contributed by atoms with Crippen LogP contribution in [0.15, 0.2) is 0 Å². The molecule has 0 aromatic rings. The van der Waals surface area contributed by atoms with E-state index in [0.29, 0.717) is 0 Å². The van der Waals surface area contributed by atoms with E-state index >= 15 is 0 Å². The van der Waals surface area contributed by atoms with Gasteiger partial charge in [-0.15, -0.1) is 0 Å². The van der Waals surface area contributed by atoms with Gasteiger partial charge in [0.05, 0.1) is 12.1 Å². The lowest BCUT2D eigenvalue weighted by Gasteiger charge is -2.27. The van der Waals surface area contributed by atoms with Crippen molar-refractivity contribution in [2.24, 2.45) is 11.3 Å². The quantitative estimate of drug-likeness (QED) is 0.687. The predicted octanol–water partition coefficient (Wildman–Crippen LogP) is 2.09. The van der Waals surface area contributed by atoms with Gasteiger partial charge in [0, 0.05) is 0 Å². The molecule has 0 spiro atoms. The Balaban J connectivity index is 4.38. The van der Waals surface area contributed by atoms with E-state index in [2.05, 4.69) is 0 Å². The van der Waals surface area contributed by atoms with Crippen molar-refractivity contribution in [1.29, 1.82) is 0 Å². The van der Waals surface area contributed by atoms with E-state index in [1.165, 1.54) is 0 Å². The van der Waals surface area contributed by atoms with Crippen LogP contribution in [0.5, 0.6) is 0 Å². The highest BCUT2D eigenvalue weighted by Gasteiger charge is 2.35. The molecular weight excluding hydrogens is 147 g/mol. The highest BCUT2D eigenvalue weighted by atomic mass is 19.1. The third-order valence-corrected chi connectivity index (χ3v) is 2.38. The van der Waals surface area contributed by atoms with Gasteiger partial charge in [0.2, 0.25) is 0 Å². The van der Waals surface area contributed by atoms with Crippen molar-refractivity contribution in [2.75, 3.05) is 6.67 Å². The first-order valence-electron chi connectivity index (χ1n) is 3.74. The second-order valence-electron chi connectivity index (χ2n) is 3.32. The van der Waals surface area contributed by atoms with Gasteiger partial charge >= 0.3 is 5.97 Å². The summed E-state index contributed by atoms with van der Waals surface area (Å²) in [5.74, 6) is -0.944. The van der Waals surface area contributed by atoms with Crippen LogP contribution in [0.4, 0.5) is 4.39 Å². The van der Waals surface area contributed by atoms with Crippen molar-refractivity contribution in [3.05, 3.63) is 0 Å². The van der Waals surface area contributed by atoms with E-state index in [-0.39, 0.29) is 12.3 Å². The average Bonchev–Trinajstić information content (AvgIpc) is 1.87. The van der Waals surface area contributed by atoms with Gasteiger partial charge in [0.1, 0.15) is 0 Å². The van der Waals surface area contributed by atoms with Crippen molar-refractivity contribution in [3.63, 3.8) is 0 Å². The molecule has 1 N–H and O–H groups in total. The number of carboxylic acids is 1. The van der Waals surface area contributed by atoms with E-state index < -0.39 is 18.1 Å². The van der Waals surface area contributed by atoms with Crippen LogP contribution < -0.4 is 0 Å². The fourth-order valence-corrected chi connectivity index (χ4v) is 0.839. The molecule has 2 nitrogen and oxygen atoms in total. The van der Waals surface area contributed by atoms with Crippen LogP contribution >= 0.6 is 0 Å². The molecule has 0 heterocycles. The zero-order valence-corrected chi connectivity index (χ0v) is 7.22. The molecule has 0 aromatic heterocycles. The number of halogens is 1. The molecule has 0 aliphatic rings. The summed E-state index contributed by atoms with van der Waals surface area (Å²) in [4.78, 5) is 10.7. The molecule has 0 radical (unpaired) electrons. The largest absolute Gasteiger partial charge is 0.481 e. The zero-order valence-electron chi connectivity index (χ0n) is 7.22. The first-order chi connectivity index (χ1) is 4.95. The fourth-order valence-electron chi connectivity index (χ4n) is 0.839. The smallest absolute Gasteiger partial charge is 0.309 e. The monoisotopic (exact) mass is 162 g/mol. The fraction of sp³-hybridized carbons (Fsp3) is 0.875. The maximum absolute atomic E-state index is 11.9. The van der Waals surface area contributed by atoms with Gasteiger partial charge in [0.15, 0.2) is 0 Å². The maximum Gasteiger partial charge on any atom is 0.309 e. The second-order valence-corrected chi connectivity index (χ2v) is 3.32. The summed E-state index contributed by atoms with van der Waals surface area (Å²) >= 11 is 0. The lowest BCUT2D eigenvalue weighted by molar-refractivity contribution is -0.151. The van der Waals surface area contributed by atoms with Crippen LogP contribution in [-0.2, 0) is 4.79 Å². The van der Waals surface area contributed by atoms with Gasteiger partial charge in [-0.05, 0) is 19.3 Å². The summed E-state index contributed by atoms with van der Waals surface area (Å²) in [6, 6.07) is 0. The number of hydrogen-bond acceptors (Lipinski definition) is 1. The van der Waals surface area contributed by atoms with E-state index in [1.807, 2.05) is 0 Å². The molecule has 0 bridgehead atoms. The predicted molar refractivity (Wildman–Crippen MR) is 41.2 cm³/mol. The summed E-state index contributed by atoms with van der Waals surface area (Å²) < 4.78 is 11.9. The number of aliphatic carboxylic acids is 1. The molecule has 0 rings (SSSR count). The summed E-state index contributed by atoms with van der Waals surface area (Å²) in [7, 11) is 0. The van der Waals surface area contributed by atoms with Gasteiger partial charge in [-0.1, -0.05) is 13.8 Å². The molecule has 0 amide bonds. The normalized spacial score (nSPS) is 16.5. The Morgan fingerprint density at radius 1 is 1.64 bits per heavy atom. The van der Waals surface area contributed by atoms with Gasteiger partial charge in [0.25, 0.3) is 0 Å². The minimum Gasteiger partial charge on any atom is -0.481 e. The minimum absolute atomic E-state index is 0.0317. The highest BCUT2D eigenvalue weighted by molar-refractivity contribution is 5.74. The van der Waals surface area contributed by atoms with Crippen LogP contribution in [0, 0.1) is 11.3 Å². The lowest BCUT2D eigenvalue weighted by atomic mass is 9.77.